The molecule has 0 unspecified atom stereocenters. The van der Waals surface area contributed by atoms with Crippen LogP contribution in [0.2, 0.25) is 0 Å². The lowest BCUT2D eigenvalue weighted by Crippen LogP contribution is -2.42. The average molecular weight is 331 g/mol. The molecule has 1 aromatic rings. The molecule has 3 fully saturated rings. The molecule has 24 heavy (non-hydrogen) atoms. The van der Waals surface area contributed by atoms with Crippen molar-refractivity contribution in [3.05, 3.63) is 30.1 Å². The van der Waals surface area contributed by atoms with E-state index in [-0.39, 0.29) is 23.2 Å². The molecule has 4 rings (SSSR count). The van der Waals surface area contributed by atoms with Crippen molar-refractivity contribution in [1.82, 2.24) is 9.80 Å². The quantitative estimate of drug-likeness (QED) is 0.793. The third-order valence-corrected chi connectivity index (χ3v) is 5.53. The van der Waals surface area contributed by atoms with E-state index in [0.29, 0.717) is 31.7 Å². The van der Waals surface area contributed by atoms with E-state index in [1.54, 1.807) is 17.0 Å². The van der Waals surface area contributed by atoms with Gasteiger partial charge in [-0.3, -0.25) is 4.79 Å². The van der Waals surface area contributed by atoms with Crippen LogP contribution in [0.4, 0.5) is 14.9 Å². The van der Waals surface area contributed by atoms with Crippen molar-refractivity contribution in [2.24, 2.45) is 5.41 Å². The summed E-state index contributed by atoms with van der Waals surface area (Å²) in [4.78, 5) is 30.5. The fourth-order valence-corrected chi connectivity index (χ4v) is 4.26. The van der Waals surface area contributed by atoms with E-state index in [9.17, 15) is 14.0 Å². The Kier molecular flexibility index (Phi) is 3.70. The van der Waals surface area contributed by atoms with Gasteiger partial charge in [-0.05, 0) is 37.5 Å². The molecule has 3 aliphatic heterocycles. The topological polar surface area (TPSA) is 43.9 Å². The van der Waals surface area contributed by atoms with Crippen molar-refractivity contribution in [3.8, 4) is 0 Å². The zero-order chi connectivity index (χ0) is 16.7. The molecule has 3 aliphatic rings. The van der Waals surface area contributed by atoms with E-state index in [1.165, 1.54) is 12.1 Å². The van der Waals surface area contributed by atoms with E-state index >= 15 is 0 Å². The second-order valence-electron chi connectivity index (χ2n) is 7.28. The van der Waals surface area contributed by atoms with Crippen molar-refractivity contribution in [1.29, 1.82) is 0 Å². The number of urea groups is 1. The van der Waals surface area contributed by atoms with Crippen LogP contribution in [0.1, 0.15) is 25.7 Å². The monoisotopic (exact) mass is 331 g/mol. The Bertz CT molecular complexity index is 674. The van der Waals surface area contributed by atoms with Gasteiger partial charge in [0.25, 0.3) is 0 Å². The van der Waals surface area contributed by atoms with Crippen molar-refractivity contribution in [2.45, 2.75) is 25.7 Å². The molecule has 0 aliphatic carbocycles. The second-order valence-corrected chi connectivity index (χ2v) is 7.28. The van der Waals surface area contributed by atoms with Crippen LogP contribution in [0.25, 0.3) is 0 Å². The Balaban J connectivity index is 1.47. The number of hydrogen-bond acceptors (Lipinski definition) is 2. The highest BCUT2D eigenvalue weighted by Gasteiger charge is 2.49. The number of rotatable bonds is 1. The molecule has 0 saturated carbocycles. The van der Waals surface area contributed by atoms with E-state index in [4.69, 9.17) is 0 Å². The molecule has 0 aromatic heterocycles. The highest BCUT2D eigenvalue weighted by Crippen LogP contribution is 2.42. The van der Waals surface area contributed by atoms with Gasteiger partial charge in [0, 0.05) is 50.2 Å². The number of halogens is 1. The summed E-state index contributed by atoms with van der Waals surface area (Å²) in [5.41, 5.74) is 0.430. The first-order valence-corrected chi connectivity index (χ1v) is 8.66. The van der Waals surface area contributed by atoms with E-state index in [1.807, 2.05) is 9.80 Å². The van der Waals surface area contributed by atoms with Gasteiger partial charge in [0.1, 0.15) is 5.82 Å². The van der Waals surface area contributed by atoms with Crippen LogP contribution < -0.4 is 4.90 Å². The lowest BCUT2D eigenvalue weighted by Gasteiger charge is -2.27. The summed E-state index contributed by atoms with van der Waals surface area (Å²) in [6.45, 7) is 3.59. The van der Waals surface area contributed by atoms with Crippen LogP contribution >= 0.6 is 0 Å². The fraction of sp³-hybridized carbons (Fsp3) is 0.556. The average Bonchev–Trinajstić information content (AvgIpc) is 3.28. The number of likely N-dealkylation sites (tertiary alicyclic amines) is 2. The lowest BCUT2D eigenvalue weighted by atomic mass is 9.86. The molecule has 6 heteroatoms. The molecule has 3 amide bonds. The molecule has 128 valence electrons. The maximum atomic E-state index is 13.5. The summed E-state index contributed by atoms with van der Waals surface area (Å²) in [7, 11) is 0. The molecule has 1 aromatic carbocycles. The number of hydrogen-bond donors (Lipinski definition) is 0. The van der Waals surface area contributed by atoms with Gasteiger partial charge in [0.05, 0.1) is 0 Å². The van der Waals surface area contributed by atoms with E-state index < -0.39 is 0 Å². The molecular weight excluding hydrogens is 309 g/mol. The number of carbonyl (C=O) groups excluding carboxylic acids is 2. The summed E-state index contributed by atoms with van der Waals surface area (Å²) in [6.07, 6.45) is 3.44. The molecule has 0 bridgehead atoms. The predicted molar refractivity (Wildman–Crippen MR) is 88.2 cm³/mol. The number of carbonyl (C=O) groups is 2. The van der Waals surface area contributed by atoms with Gasteiger partial charge in [0.15, 0.2) is 0 Å². The number of anilines is 1. The van der Waals surface area contributed by atoms with Crippen molar-refractivity contribution < 1.29 is 14.0 Å². The third-order valence-electron chi connectivity index (χ3n) is 5.53. The van der Waals surface area contributed by atoms with Gasteiger partial charge in [-0.2, -0.15) is 0 Å². The van der Waals surface area contributed by atoms with Crippen molar-refractivity contribution in [3.63, 3.8) is 0 Å². The van der Waals surface area contributed by atoms with Crippen molar-refractivity contribution >= 4 is 17.6 Å². The van der Waals surface area contributed by atoms with Crippen LogP contribution in [0, 0.1) is 11.2 Å². The molecule has 1 atom stereocenters. The van der Waals surface area contributed by atoms with Gasteiger partial charge >= 0.3 is 6.03 Å². The first kappa shape index (κ1) is 15.4. The van der Waals surface area contributed by atoms with Crippen LogP contribution in [-0.4, -0.2) is 54.5 Å². The van der Waals surface area contributed by atoms with Crippen LogP contribution in [0.3, 0.4) is 0 Å². The Hall–Kier alpha value is -2.11. The molecule has 5 nitrogen and oxygen atoms in total. The minimum Gasteiger partial charge on any atom is -0.325 e. The Morgan fingerprint density at radius 2 is 1.88 bits per heavy atom. The first-order chi connectivity index (χ1) is 11.6. The maximum absolute atomic E-state index is 13.5. The summed E-state index contributed by atoms with van der Waals surface area (Å²) < 4.78 is 13.5. The zero-order valence-electron chi connectivity index (χ0n) is 13.7. The smallest absolute Gasteiger partial charge is 0.320 e. The molecule has 0 N–H and O–H groups in total. The third kappa shape index (κ3) is 2.64. The number of nitrogens with zero attached hydrogens (tertiary/aromatic N) is 3. The number of amides is 3. The van der Waals surface area contributed by atoms with E-state index in [2.05, 4.69) is 0 Å². The highest BCUT2D eigenvalue weighted by atomic mass is 19.1. The summed E-state index contributed by atoms with van der Waals surface area (Å²) in [5.74, 6) is -0.311. The largest absolute Gasteiger partial charge is 0.325 e. The first-order valence-electron chi connectivity index (χ1n) is 8.66. The molecule has 0 radical (unpaired) electrons. The van der Waals surface area contributed by atoms with E-state index in [0.717, 1.165) is 32.4 Å². The molecular formula is C18H22FN3O2. The van der Waals surface area contributed by atoms with Gasteiger partial charge in [-0.1, -0.05) is 6.07 Å². The standard InChI is InChI=1S/C18H22FN3O2/c19-14-4-3-5-15(10-14)22-13-18(11-16(22)23)6-9-21(12-18)17(24)20-7-1-2-8-20/h3-5,10H,1-2,6-9,11-13H2/t18-/m1/s1. The van der Waals surface area contributed by atoms with Gasteiger partial charge < -0.3 is 14.7 Å². The SMILES string of the molecule is O=C(N1CCCC1)N1CC[C@@]2(CC(=O)N(c3cccc(F)c3)C2)C1. The Morgan fingerprint density at radius 3 is 2.62 bits per heavy atom. The number of benzene rings is 1. The predicted octanol–water partition coefficient (Wildman–Crippen LogP) is 2.47. The molecule has 3 saturated heterocycles. The van der Waals surface area contributed by atoms with Crippen LogP contribution in [0.5, 0.6) is 0 Å². The highest BCUT2D eigenvalue weighted by molar-refractivity contribution is 5.96. The van der Waals surface area contributed by atoms with Crippen LogP contribution in [-0.2, 0) is 4.79 Å². The normalized spacial score (nSPS) is 26.9. The fourth-order valence-electron chi connectivity index (χ4n) is 4.26. The zero-order valence-corrected chi connectivity index (χ0v) is 13.7. The van der Waals surface area contributed by atoms with Gasteiger partial charge in [-0.15, -0.1) is 0 Å². The minimum absolute atomic E-state index is 0.0241. The maximum Gasteiger partial charge on any atom is 0.320 e. The van der Waals surface area contributed by atoms with Crippen LogP contribution in [0.15, 0.2) is 24.3 Å². The van der Waals surface area contributed by atoms with Gasteiger partial charge in [-0.25, -0.2) is 9.18 Å². The van der Waals surface area contributed by atoms with Gasteiger partial charge in [0.2, 0.25) is 5.91 Å². The molecule has 3 heterocycles. The Morgan fingerprint density at radius 1 is 1.08 bits per heavy atom. The summed E-state index contributed by atoms with van der Waals surface area (Å²) >= 11 is 0. The minimum atomic E-state index is -0.335. The lowest BCUT2D eigenvalue weighted by molar-refractivity contribution is -0.117. The molecule has 1 spiro atoms. The second kappa shape index (κ2) is 5.76. The Labute approximate surface area is 141 Å². The summed E-state index contributed by atoms with van der Waals surface area (Å²) in [6, 6.07) is 6.29. The summed E-state index contributed by atoms with van der Waals surface area (Å²) in [5, 5.41) is 0. The van der Waals surface area contributed by atoms with Crippen molar-refractivity contribution in [2.75, 3.05) is 37.6 Å².